The monoisotopic (exact) mass is 314 g/mol. The summed E-state index contributed by atoms with van der Waals surface area (Å²) < 4.78 is 13.3. The van der Waals surface area contributed by atoms with Gasteiger partial charge in [-0.05, 0) is 49.2 Å². The maximum Gasteiger partial charge on any atom is 0.257 e. The Morgan fingerprint density at radius 3 is 3.00 bits per heavy atom. The topological polar surface area (TPSA) is 71.2 Å². The number of rotatable bonds is 4. The van der Waals surface area contributed by atoms with Gasteiger partial charge in [-0.25, -0.2) is 9.37 Å². The SMILES string of the molecule is NCC1CCN(C(=O)c2cccnc2Nc2cccc(F)c2)C1. The van der Waals surface area contributed by atoms with Crippen LogP contribution in [0.2, 0.25) is 0 Å². The van der Waals surface area contributed by atoms with E-state index in [2.05, 4.69) is 10.3 Å². The molecule has 1 fully saturated rings. The van der Waals surface area contributed by atoms with E-state index in [1.54, 1.807) is 35.4 Å². The third kappa shape index (κ3) is 3.48. The Morgan fingerprint density at radius 2 is 2.26 bits per heavy atom. The van der Waals surface area contributed by atoms with Gasteiger partial charge in [0.1, 0.15) is 11.6 Å². The number of hydrogen-bond donors (Lipinski definition) is 2. The number of carbonyl (C=O) groups is 1. The van der Waals surface area contributed by atoms with Crippen molar-refractivity contribution in [1.29, 1.82) is 0 Å². The van der Waals surface area contributed by atoms with Crippen molar-refractivity contribution in [3.8, 4) is 0 Å². The summed E-state index contributed by atoms with van der Waals surface area (Å²) in [6.07, 6.45) is 2.53. The Labute approximate surface area is 134 Å². The lowest BCUT2D eigenvalue weighted by molar-refractivity contribution is 0.0788. The molecule has 2 heterocycles. The molecule has 0 aliphatic carbocycles. The minimum absolute atomic E-state index is 0.0760. The second kappa shape index (κ2) is 6.75. The standard InChI is InChI=1S/C17H19FN4O/c18-13-3-1-4-14(9-13)21-16-15(5-2-7-20-16)17(23)22-8-6-12(10-19)11-22/h1-5,7,9,12H,6,8,10-11,19H2,(H,20,21). The summed E-state index contributed by atoms with van der Waals surface area (Å²) >= 11 is 0. The average molecular weight is 314 g/mol. The van der Waals surface area contributed by atoms with Crippen molar-refractivity contribution in [3.05, 3.63) is 54.0 Å². The van der Waals surface area contributed by atoms with Crippen molar-refractivity contribution >= 4 is 17.4 Å². The van der Waals surface area contributed by atoms with Crippen molar-refractivity contribution in [2.45, 2.75) is 6.42 Å². The zero-order chi connectivity index (χ0) is 16.2. The Morgan fingerprint density at radius 1 is 1.39 bits per heavy atom. The predicted octanol–water partition coefficient (Wildman–Crippen LogP) is 2.39. The van der Waals surface area contributed by atoms with Crippen molar-refractivity contribution in [1.82, 2.24) is 9.88 Å². The minimum Gasteiger partial charge on any atom is -0.339 e. The van der Waals surface area contributed by atoms with Gasteiger partial charge < -0.3 is 16.0 Å². The van der Waals surface area contributed by atoms with Crippen LogP contribution in [0.25, 0.3) is 0 Å². The van der Waals surface area contributed by atoms with Crippen LogP contribution in [0.3, 0.4) is 0 Å². The largest absolute Gasteiger partial charge is 0.339 e. The van der Waals surface area contributed by atoms with Gasteiger partial charge in [-0.3, -0.25) is 4.79 Å². The third-order valence-corrected chi connectivity index (χ3v) is 4.03. The van der Waals surface area contributed by atoms with E-state index in [1.165, 1.54) is 12.1 Å². The van der Waals surface area contributed by atoms with E-state index in [0.29, 0.717) is 42.6 Å². The van der Waals surface area contributed by atoms with Gasteiger partial charge in [-0.15, -0.1) is 0 Å². The number of carbonyl (C=O) groups excluding carboxylic acids is 1. The summed E-state index contributed by atoms with van der Waals surface area (Å²) in [6.45, 7) is 1.96. The Kier molecular flexibility index (Phi) is 4.52. The predicted molar refractivity (Wildman–Crippen MR) is 87.0 cm³/mol. The Hall–Kier alpha value is -2.47. The molecule has 3 rings (SSSR count). The summed E-state index contributed by atoms with van der Waals surface area (Å²) in [7, 11) is 0. The molecule has 0 saturated carbocycles. The van der Waals surface area contributed by atoms with Gasteiger partial charge in [0.25, 0.3) is 5.91 Å². The van der Waals surface area contributed by atoms with Crippen molar-refractivity contribution in [3.63, 3.8) is 0 Å². The van der Waals surface area contributed by atoms with Crippen LogP contribution in [0, 0.1) is 11.7 Å². The molecule has 1 aromatic carbocycles. The molecule has 1 aliphatic rings. The van der Waals surface area contributed by atoms with E-state index in [1.807, 2.05) is 0 Å². The van der Waals surface area contributed by atoms with Crippen LogP contribution in [0.5, 0.6) is 0 Å². The lowest BCUT2D eigenvalue weighted by atomic mass is 10.1. The van der Waals surface area contributed by atoms with Crippen LogP contribution in [0.1, 0.15) is 16.8 Å². The van der Waals surface area contributed by atoms with Gasteiger partial charge in [0, 0.05) is 25.0 Å². The number of amides is 1. The molecular weight excluding hydrogens is 295 g/mol. The zero-order valence-corrected chi connectivity index (χ0v) is 12.7. The molecule has 1 unspecified atom stereocenters. The molecule has 120 valence electrons. The van der Waals surface area contributed by atoms with Crippen LogP contribution in [0.4, 0.5) is 15.9 Å². The normalized spacial score (nSPS) is 17.3. The molecule has 1 aromatic heterocycles. The minimum atomic E-state index is -0.343. The molecule has 6 heteroatoms. The molecule has 1 aliphatic heterocycles. The highest BCUT2D eigenvalue weighted by Gasteiger charge is 2.27. The van der Waals surface area contributed by atoms with Gasteiger partial charge >= 0.3 is 0 Å². The molecule has 0 bridgehead atoms. The average Bonchev–Trinajstić information content (AvgIpc) is 3.04. The smallest absolute Gasteiger partial charge is 0.257 e. The fraction of sp³-hybridized carbons (Fsp3) is 0.294. The first-order valence-corrected chi connectivity index (χ1v) is 7.64. The number of hydrogen-bond acceptors (Lipinski definition) is 4. The second-order valence-electron chi connectivity index (χ2n) is 5.68. The molecule has 1 atom stereocenters. The Bertz CT molecular complexity index is 706. The molecule has 0 radical (unpaired) electrons. The first-order valence-electron chi connectivity index (χ1n) is 7.64. The third-order valence-electron chi connectivity index (χ3n) is 4.03. The molecule has 5 nitrogen and oxygen atoms in total. The number of pyridine rings is 1. The van der Waals surface area contributed by atoms with Crippen LogP contribution in [0.15, 0.2) is 42.6 Å². The molecule has 1 amide bonds. The molecule has 1 saturated heterocycles. The van der Waals surface area contributed by atoms with Gasteiger partial charge in [0.15, 0.2) is 0 Å². The summed E-state index contributed by atoms with van der Waals surface area (Å²) in [5.41, 5.74) is 6.72. The van der Waals surface area contributed by atoms with E-state index in [-0.39, 0.29) is 11.7 Å². The highest BCUT2D eigenvalue weighted by Crippen LogP contribution is 2.23. The molecule has 2 aromatic rings. The quantitative estimate of drug-likeness (QED) is 0.909. The summed E-state index contributed by atoms with van der Waals surface area (Å²) in [5.74, 6) is 0.367. The molecule has 0 spiro atoms. The lowest BCUT2D eigenvalue weighted by Gasteiger charge is -2.18. The lowest BCUT2D eigenvalue weighted by Crippen LogP contribution is -2.30. The summed E-state index contributed by atoms with van der Waals surface area (Å²) in [4.78, 5) is 18.7. The van der Waals surface area contributed by atoms with Gasteiger partial charge in [-0.1, -0.05) is 6.07 Å². The maximum atomic E-state index is 13.3. The zero-order valence-electron chi connectivity index (χ0n) is 12.7. The number of nitrogens with zero attached hydrogens (tertiary/aromatic N) is 2. The van der Waals surface area contributed by atoms with Crippen LogP contribution in [-0.2, 0) is 0 Å². The van der Waals surface area contributed by atoms with E-state index >= 15 is 0 Å². The van der Waals surface area contributed by atoms with E-state index in [9.17, 15) is 9.18 Å². The number of benzene rings is 1. The highest BCUT2D eigenvalue weighted by molar-refractivity contribution is 5.99. The van der Waals surface area contributed by atoms with Crippen LogP contribution < -0.4 is 11.1 Å². The van der Waals surface area contributed by atoms with E-state index in [4.69, 9.17) is 5.73 Å². The first kappa shape index (κ1) is 15.4. The van der Waals surface area contributed by atoms with E-state index in [0.717, 1.165) is 6.42 Å². The Balaban J connectivity index is 1.82. The van der Waals surface area contributed by atoms with Gasteiger partial charge in [0.2, 0.25) is 0 Å². The van der Waals surface area contributed by atoms with Crippen molar-refractivity contribution < 1.29 is 9.18 Å². The highest BCUT2D eigenvalue weighted by atomic mass is 19.1. The van der Waals surface area contributed by atoms with Gasteiger partial charge in [-0.2, -0.15) is 0 Å². The molecule has 3 N–H and O–H groups in total. The number of halogens is 1. The van der Waals surface area contributed by atoms with Gasteiger partial charge in [0.05, 0.1) is 5.56 Å². The number of aromatic nitrogens is 1. The number of nitrogens with two attached hydrogens (primary N) is 1. The maximum absolute atomic E-state index is 13.3. The summed E-state index contributed by atoms with van der Waals surface area (Å²) in [5, 5.41) is 3.02. The first-order chi connectivity index (χ1) is 11.2. The van der Waals surface area contributed by atoms with Crippen molar-refractivity contribution in [2.24, 2.45) is 11.7 Å². The number of likely N-dealkylation sites (tertiary alicyclic amines) is 1. The van der Waals surface area contributed by atoms with E-state index < -0.39 is 0 Å². The molecular formula is C17H19FN4O. The van der Waals surface area contributed by atoms with Crippen molar-refractivity contribution in [2.75, 3.05) is 25.0 Å². The number of anilines is 2. The summed E-state index contributed by atoms with van der Waals surface area (Å²) in [6, 6.07) is 9.52. The van der Waals surface area contributed by atoms with Crippen LogP contribution >= 0.6 is 0 Å². The fourth-order valence-corrected chi connectivity index (χ4v) is 2.76. The second-order valence-corrected chi connectivity index (χ2v) is 5.68. The fourth-order valence-electron chi connectivity index (χ4n) is 2.76. The number of nitrogens with one attached hydrogen (secondary N) is 1. The molecule has 23 heavy (non-hydrogen) atoms. The van der Waals surface area contributed by atoms with Crippen LogP contribution in [-0.4, -0.2) is 35.4 Å².